The lowest BCUT2D eigenvalue weighted by Gasteiger charge is -2.19. The Labute approximate surface area is 139 Å². The molecule has 1 aromatic heterocycles. The molecule has 0 aliphatic rings. The van der Waals surface area contributed by atoms with Crippen LogP contribution in [-0.2, 0) is 11.8 Å². The maximum Gasteiger partial charge on any atom is 0.255 e. The van der Waals surface area contributed by atoms with E-state index in [4.69, 9.17) is 4.42 Å². The Bertz CT molecular complexity index is 688. The van der Waals surface area contributed by atoms with Crippen molar-refractivity contribution in [3.8, 4) is 0 Å². The SMILES string of the molecule is Cc1oc(C)c(C(=O)NCCc2ccc(C(C)(C)C)cc2)c1C. The fraction of sp³-hybridized carbons (Fsp3) is 0.450. The van der Waals surface area contributed by atoms with Gasteiger partial charge in [-0.3, -0.25) is 4.79 Å². The van der Waals surface area contributed by atoms with Crippen molar-refractivity contribution in [3.05, 3.63) is 58.0 Å². The second kappa shape index (κ2) is 6.61. The number of hydrogen-bond acceptors (Lipinski definition) is 2. The van der Waals surface area contributed by atoms with Crippen LogP contribution in [-0.4, -0.2) is 12.5 Å². The third-order valence-corrected chi connectivity index (χ3v) is 4.31. The van der Waals surface area contributed by atoms with Crippen molar-refractivity contribution < 1.29 is 9.21 Å². The van der Waals surface area contributed by atoms with Crippen molar-refractivity contribution in [2.75, 3.05) is 6.54 Å². The van der Waals surface area contributed by atoms with Gasteiger partial charge in [-0.05, 0) is 43.7 Å². The van der Waals surface area contributed by atoms with E-state index < -0.39 is 0 Å². The van der Waals surface area contributed by atoms with Gasteiger partial charge in [-0.2, -0.15) is 0 Å². The van der Waals surface area contributed by atoms with E-state index in [2.05, 4.69) is 50.4 Å². The zero-order valence-electron chi connectivity index (χ0n) is 15.0. The van der Waals surface area contributed by atoms with Crippen molar-refractivity contribution in [2.24, 2.45) is 0 Å². The van der Waals surface area contributed by atoms with E-state index in [-0.39, 0.29) is 11.3 Å². The highest BCUT2D eigenvalue weighted by molar-refractivity contribution is 5.96. The smallest absolute Gasteiger partial charge is 0.255 e. The minimum atomic E-state index is -0.0526. The molecule has 0 bridgehead atoms. The minimum Gasteiger partial charge on any atom is -0.466 e. The molecular formula is C20H27NO2. The Morgan fingerprint density at radius 3 is 2.13 bits per heavy atom. The number of nitrogens with one attached hydrogen (secondary N) is 1. The van der Waals surface area contributed by atoms with Gasteiger partial charge in [0.25, 0.3) is 5.91 Å². The average molecular weight is 313 g/mol. The molecule has 0 atom stereocenters. The van der Waals surface area contributed by atoms with Crippen LogP contribution >= 0.6 is 0 Å². The van der Waals surface area contributed by atoms with Crippen molar-refractivity contribution in [1.29, 1.82) is 0 Å². The fourth-order valence-corrected chi connectivity index (χ4v) is 2.71. The van der Waals surface area contributed by atoms with Gasteiger partial charge in [0.2, 0.25) is 0 Å². The van der Waals surface area contributed by atoms with Crippen LogP contribution < -0.4 is 5.32 Å². The molecule has 0 saturated heterocycles. The normalized spacial score (nSPS) is 11.6. The molecule has 1 amide bonds. The van der Waals surface area contributed by atoms with E-state index in [1.54, 1.807) is 0 Å². The standard InChI is InChI=1S/C20H27NO2/c1-13-14(2)23-15(3)18(13)19(22)21-12-11-16-7-9-17(10-8-16)20(4,5)6/h7-10H,11-12H2,1-6H3,(H,21,22). The maximum atomic E-state index is 12.3. The fourth-order valence-electron chi connectivity index (χ4n) is 2.71. The van der Waals surface area contributed by atoms with Gasteiger partial charge >= 0.3 is 0 Å². The first-order valence-corrected chi connectivity index (χ1v) is 8.14. The molecule has 0 spiro atoms. The highest BCUT2D eigenvalue weighted by Gasteiger charge is 2.18. The number of amides is 1. The van der Waals surface area contributed by atoms with Gasteiger partial charge in [0, 0.05) is 12.1 Å². The number of aryl methyl sites for hydroxylation is 2. The van der Waals surface area contributed by atoms with Crippen molar-refractivity contribution >= 4 is 5.91 Å². The Hall–Kier alpha value is -2.03. The molecule has 2 rings (SSSR count). The number of hydrogen-bond donors (Lipinski definition) is 1. The topological polar surface area (TPSA) is 42.2 Å². The molecule has 1 heterocycles. The number of carbonyl (C=O) groups excluding carboxylic acids is 1. The van der Waals surface area contributed by atoms with Gasteiger partial charge in [-0.1, -0.05) is 45.0 Å². The first-order chi connectivity index (χ1) is 10.7. The molecule has 0 radical (unpaired) electrons. The van der Waals surface area contributed by atoms with Gasteiger partial charge in [-0.25, -0.2) is 0 Å². The molecule has 2 aromatic rings. The molecule has 0 fully saturated rings. The minimum absolute atomic E-state index is 0.0526. The molecule has 23 heavy (non-hydrogen) atoms. The molecule has 1 aromatic carbocycles. The lowest BCUT2D eigenvalue weighted by atomic mass is 9.86. The molecule has 124 valence electrons. The van der Waals surface area contributed by atoms with Gasteiger partial charge in [0.05, 0.1) is 5.56 Å². The third-order valence-electron chi connectivity index (χ3n) is 4.31. The van der Waals surface area contributed by atoms with E-state index in [0.29, 0.717) is 17.9 Å². The molecule has 1 N–H and O–H groups in total. The predicted molar refractivity (Wildman–Crippen MR) is 94.1 cm³/mol. The van der Waals surface area contributed by atoms with Crippen molar-refractivity contribution in [3.63, 3.8) is 0 Å². The zero-order valence-corrected chi connectivity index (χ0v) is 15.0. The molecule has 0 unspecified atom stereocenters. The summed E-state index contributed by atoms with van der Waals surface area (Å²) >= 11 is 0. The summed E-state index contributed by atoms with van der Waals surface area (Å²) in [4.78, 5) is 12.3. The van der Waals surface area contributed by atoms with E-state index >= 15 is 0 Å². The summed E-state index contributed by atoms with van der Waals surface area (Å²) in [6, 6.07) is 8.63. The van der Waals surface area contributed by atoms with Gasteiger partial charge in [0.1, 0.15) is 11.5 Å². The first kappa shape index (κ1) is 17.3. The molecule has 0 aliphatic carbocycles. The summed E-state index contributed by atoms with van der Waals surface area (Å²) < 4.78 is 5.52. The van der Waals surface area contributed by atoms with E-state index in [0.717, 1.165) is 17.7 Å². The Kier molecular flexibility index (Phi) is 4.98. The Balaban J connectivity index is 1.93. The average Bonchev–Trinajstić information content (AvgIpc) is 2.71. The van der Waals surface area contributed by atoms with Gasteiger partial charge < -0.3 is 9.73 Å². The number of carbonyl (C=O) groups is 1. The van der Waals surface area contributed by atoms with Crippen LogP contribution in [0, 0.1) is 20.8 Å². The monoisotopic (exact) mass is 313 g/mol. The molecule has 3 nitrogen and oxygen atoms in total. The second-order valence-corrected chi connectivity index (χ2v) is 7.17. The number of furan rings is 1. The second-order valence-electron chi connectivity index (χ2n) is 7.17. The summed E-state index contributed by atoms with van der Waals surface area (Å²) in [6.07, 6.45) is 0.824. The highest BCUT2D eigenvalue weighted by Crippen LogP contribution is 2.22. The number of benzene rings is 1. The number of rotatable bonds is 4. The highest BCUT2D eigenvalue weighted by atomic mass is 16.3. The van der Waals surface area contributed by atoms with E-state index in [9.17, 15) is 4.79 Å². The Morgan fingerprint density at radius 1 is 1.04 bits per heavy atom. The summed E-state index contributed by atoms with van der Waals surface area (Å²) in [5.74, 6) is 1.45. The van der Waals surface area contributed by atoms with E-state index in [1.165, 1.54) is 11.1 Å². The van der Waals surface area contributed by atoms with Crippen molar-refractivity contribution in [1.82, 2.24) is 5.32 Å². The third kappa shape index (κ3) is 4.04. The lowest BCUT2D eigenvalue weighted by Crippen LogP contribution is -2.26. The van der Waals surface area contributed by atoms with Crippen LogP contribution in [0.5, 0.6) is 0 Å². The van der Waals surface area contributed by atoms with Gasteiger partial charge in [-0.15, -0.1) is 0 Å². The van der Waals surface area contributed by atoms with Crippen LogP contribution in [0.2, 0.25) is 0 Å². The maximum absolute atomic E-state index is 12.3. The quantitative estimate of drug-likeness (QED) is 0.904. The molecular weight excluding hydrogens is 286 g/mol. The van der Waals surface area contributed by atoms with Crippen LogP contribution in [0.4, 0.5) is 0 Å². The largest absolute Gasteiger partial charge is 0.466 e. The van der Waals surface area contributed by atoms with Gasteiger partial charge in [0.15, 0.2) is 0 Å². The van der Waals surface area contributed by atoms with Crippen LogP contribution in [0.1, 0.15) is 59.3 Å². The van der Waals surface area contributed by atoms with Crippen molar-refractivity contribution in [2.45, 2.75) is 53.4 Å². The van der Waals surface area contributed by atoms with E-state index in [1.807, 2.05) is 20.8 Å². The summed E-state index contributed by atoms with van der Waals surface area (Å²) in [5, 5.41) is 2.99. The summed E-state index contributed by atoms with van der Waals surface area (Å²) in [6.45, 7) is 12.9. The Morgan fingerprint density at radius 2 is 1.65 bits per heavy atom. The molecule has 0 aliphatic heterocycles. The van der Waals surface area contributed by atoms with Crippen LogP contribution in [0.15, 0.2) is 28.7 Å². The summed E-state index contributed by atoms with van der Waals surface area (Å²) in [5.41, 5.74) is 4.32. The predicted octanol–water partition coefficient (Wildman–Crippen LogP) is 4.47. The summed E-state index contributed by atoms with van der Waals surface area (Å²) in [7, 11) is 0. The van der Waals surface area contributed by atoms with Crippen LogP contribution in [0.25, 0.3) is 0 Å². The first-order valence-electron chi connectivity index (χ1n) is 8.14. The van der Waals surface area contributed by atoms with Crippen LogP contribution in [0.3, 0.4) is 0 Å². The molecule has 0 saturated carbocycles. The zero-order chi connectivity index (χ0) is 17.2. The lowest BCUT2D eigenvalue weighted by molar-refractivity contribution is 0.0952. The molecule has 3 heteroatoms.